The van der Waals surface area contributed by atoms with E-state index in [-0.39, 0.29) is 6.54 Å². The van der Waals surface area contributed by atoms with Gasteiger partial charge in [0.2, 0.25) is 0 Å². The number of carboxylic acids is 1. The fourth-order valence-corrected chi connectivity index (χ4v) is 2.16. The molecule has 0 amide bonds. The van der Waals surface area contributed by atoms with Crippen molar-refractivity contribution >= 4 is 5.97 Å². The van der Waals surface area contributed by atoms with Crippen molar-refractivity contribution in [1.29, 1.82) is 0 Å². The van der Waals surface area contributed by atoms with Crippen LogP contribution in [0, 0.1) is 0 Å². The summed E-state index contributed by atoms with van der Waals surface area (Å²) in [6.07, 6.45) is 0. The van der Waals surface area contributed by atoms with E-state index in [1.165, 1.54) is 0 Å². The summed E-state index contributed by atoms with van der Waals surface area (Å²) in [6, 6.07) is 6.02. The van der Waals surface area contributed by atoms with Gasteiger partial charge in [-0.25, -0.2) is 0 Å². The SMILES string of the molecule is COc1cc(CN(C)CC(=O)O)ccc1CNCCN(C)C. The third-order valence-electron chi connectivity index (χ3n) is 3.26. The summed E-state index contributed by atoms with van der Waals surface area (Å²) in [5, 5.41) is 12.2. The topological polar surface area (TPSA) is 65.0 Å². The third-order valence-corrected chi connectivity index (χ3v) is 3.26. The van der Waals surface area contributed by atoms with Gasteiger partial charge in [-0.15, -0.1) is 0 Å². The Kier molecular flexibility index (Phi) is 7.87. The van der Waals surface area contributed by atoms with E-state index >= 15 is 0 Å². The molecule has 2 N–H and O–H groups in total. The van der Waals surface area contributed by atoms with Gasteiger partial charge in [0.25, 0.3) is 0 Å². The summed E-state index contributed by atoms with van der Waals surface area (Å²) in [6.45, 7) is 3.26. The molecule has 0 saturated heterocycles. The second-order valence-corrected chi connectivity index (χ2v) is 5.69. The maximum Gasteiger partial charge on any atom is 0.317 e. The average Bonchev–Trinajstić information content (AvgIpc) is 2.43. The second kappa shape index (κ2) is 9.40. The van der Waals surface area contributed by atoms with Gasteiger partial charge in [0.05, 0.1) is 13.7 Å². The molecule has 0 spiro atoms. The van der Waals surface area contributed by atoms with Crippen LogP contribution in [0.15, 0.2) is 18.2 Å². The van der Waals surface area contributed by atoms with E-state index in [9.17, 15) is 4.79 Å². The van der Waals surface area contributed by atoms with E-state index in [4.69, 9.17) is 9.84 Å². The number of benzene rings is 1. The molecule has 1 aromatic carbocycles. The van der Waals surface area contributed by atoms with Crippen LogP contribution < -0.4 is 10.1 Å². The Morgan fingerprint density at radius 1 is 1.32 bits per heavy atom. The van der Waals surface area contributed by atoms with Crippen LogP contribution in [0.2, 0.25) is 0 Å². The van der Waals surface area contributed by atoms with E-state index in [0.29, 0.717) is 6.54 Å². The molecule has 0 aromatic heterocycles. The Labute approximate surface area is 132 Å². The molecule has 0 fully saturated rings. The number of carboxylic acid groups (broad SMARTS) is 1. The Bertz CT molecular complexity index is 478. The Morgan fingerprint density at radius 3 is 2.64 bits per heavy atom. The molecule has 0 aliphatic carbocycles. The minimum atomic E-state index is -0.823. The maximum absolute atomic E-state index is 10.7. The fraction of sp³-hybridized carbons (Fsp3) is 0.562. The van der Waals surface area contributed by atoms with E-state index in [2.05, 4.69) is 10.2 Å². The van der Waals surface area contributed by atoms with Crippen molar-refractivity contribution in [1.82, 2.24) is 15.1 Å². The molecule has 124 valence electrons. The van der Waals surface area contributed by atoms with Crippen LogP contribution in [0.4, 0.5) is 0 Å². The average molecular weight is 309 g/mol. The smallest absolute Gasteiger partial charge is 0.317 e. The molecule has 6 heteroatoms. The van der Waals surface area contributed by atoms with Crippen molar-refractivity contribution in [2.75, 3.05) is 47.9 Å². The standard InChI is InChI=1S/C16H27N3O3/c1-18(2)8-7-17-10-14-6-5-13(9-15(14)22-4)11-19(3)12-16(20)21/h5-6,9,17H,7-8,10-12H2,1-4H3,(H,20,21). The lowest BCUT2D eigenvalue weighted by atomic mass is 10.1. The second-order valence-electron chi connectivity index (χ2n) is 5.69. The minimum Gasteiger partial charge on any atom is -0.496 e. The van der Waals surface area contributed by atoms with Gasteiger partial charge in [-0.05, 0) is 32.8 Å². The van der Waals surface area contributed by atoms with Crippen molar-refractivity contribution in [3.05, 3.63) is 29.3 Å². The molecule has 0 aliphatic heterocycles. The largest absolute Gasteiger partial charge is 0.496 e. The van der Waals surface area contributed by atoms with Crippen molar-refractivity contribution in [2.24, 2.45) is 0 Å². The Morgan fingerprint density at radius 2 is 2.05 bits per heavy atom. The number of rotatable bonds is 10. The van der Waals surface area contributed by atoms with Crippen molar-refractivity contribution in [2.45, 2.75) is 13.1 Å². The molecule has 0 unspecified atom stereocenters. The summed E-state index contributed by atoms with van der Waals surface area (Å²) in [5.74, 6) is 0.00903. The molecular formula is C16H27N3O3. The van der Waals surface area contributed by atoms with Gasteiger partial charge in [0.1, 0.15) is 5.75 Å². The van der Waals surface area contributed by atoms with Crippen molar-refractivity contribution in [3.63, 3.8) is 0 Å². The van der Waals surface area contributed by atoms with E-state index in [1.807, 2.05) is 32.3 Å². The normalized spacial score (nSPS) is 11.2. The summed E-state index contributed by atoms with van der Waals surface area (Å²) >= 11 is 0. The lowest BCUT2D eigenvalue weighted by Gasteiger charge is -2.16. The molecule has 0 heterocycles. The van der Waals surface area contributed by atoms with Gasteiger partial charge in [0, 0.05) is 31.7 Å². The third kappa shape index (κ3) is 6.89. The van der Waals surface area contributed by atoms with Crippen LogP contribution >= 0.6 is 0 Å². The monoisotopic (exact) mass is 309 g/mol. The number of ether oxygens (including phenoxy) is 1. The van der Waals surface area contributed by atoms with Gasteiger partial charge in [-0.3, -0.25) is 9.69 Å². The molecule has 0 aliphatic rings. The Balaban J connectivity index is 2.60. The van der Waals surface area contributed by atoms with Gasteiger partial charge in [0.15, 0.2) is 0 Å². The number of hydrogen-bond acceptors (Lipinski definition) is 5. The van der Waals surface area contributed by atoms with E-state index in [0.717, 1.165) is 36.5 Å². The first-order valence-corrected chi connectivity index (χ1v) is 7.34. The lowest BCUT2D eigenvalue weighted by Crippen LogP contribution is -2.26. The number of nitrogens with zero attached hydrogens (tertiary/aromatic N) is 2. The molecule has 0 bridgehead atoms. The summed E-state index contributed by atoms with van der Waals surface area (Å²) in [5.41, 5.74) is 2.14. The van der Waals surface area contributed by atoms with E-state index in [1.54, 1.807) is 19.1 Å². The maximum atomic E-state index is 10.7. The number of likely N-dealkylation sites (N-methyl/N-ethyl adjacent to an activating group) is 2. The van der Waals surface area contributed by atoms with Crippen LogP contribution in [0.5, 0.6) is 5.75 Å². The van der Waals surface area contributed by atoms with Gasteiger partial charge in [-0.2, -0.15) is 0 Å². The van der Waals surface area contributed by atoms with Crippen LogP contribution in [0.1, 0.15) is 11.1 Å². The van der Waals surface area contributed by atoms with Gasteiger partial charge < -0.3 is 20.1 Å². The highest BCUT2D eigenvalue weighted by atomic mass is 16.5. The molecule has 1 aromatic rings. The van der Waals surface area contributed by atoms with Crippen LogP contribution in [-0.2, 0) is 17.9 Å². The predicted octanol–water partition coefficient (Wildman–Crippen LogP) is 0.863. The highest BCUT2D eigenvalue weighted by Gasteiger charge is 2.08. The van der Waals surface area contributed by atoms with Crippen molar-refractivity contribution in [3.8, 4) is 5.75 Å². The first kappa shape index (κ1) is 18.4. The first-order valence-electron chi connectivity index (χ1n) is 7.34. The number of hydrogen-bond donors (Lipinski definition) is 2. The number of aliphatic carboxylic acids is 1. The molecule has 22 heavy (non-hydrogen) atoms. The summed E-state index contributed by atoms with van der Waals surface area (Å²) in [7, 11) is 7.54. The fourth-order valence-electron chi connectivity index (χ4n) is 2.16. The Hall–Kier alpha value is -1.63. The zero-order valence-corrected chi connectivity index (χ0v) is 13.9. The first-order chi connectivity index (χ1) is 10.4. The van der Waals surface area contributed by atoms with Crippen LogP contribution in [0.3, 0.4) is 0 Å². The minimum absolute atomic E-state index is 0.0240. The highest BCUT2D eigenvalue weighted by Crippen LogP contribution is 2.20. The number of nitrogens with one attached hydrogen (secondary N) is 1. The zero-order chi connectivity index (χ0) is 16.5. The number of methoxy groups -OCH3 is 1. The molecule has 0 saturated carbocycles. The number of carbonyl (C=O) groups is 1. The predicted molar refractivity (Wildman–Crippen MR) is 87.2 cm³/mol. The molecule has 6 nitrogen and oxygen atoms in total. The molecule has 1 rings (SSSR count). The van der Waals surface area contributed by atoms with E-state index < -0.39 is 5.97 Å². The van der Waals surface area contributed by atoms with Gasteiger partial charge >= 0.3 is 5.97 Å². The molecule has 0 atom stereocenters. The van der Waals surface area contributed by atoms with Crippen molar-refractivity contribution < 1.29 is 14.6 Å². The van der Waals surface area contributed by atoms with Crippen LogP contribution in [-0.4, -0.2) is 68.8 Å². The summed E-state index contributed by atoms with van der Waals surface area (Å²) < 4.78 is 5.44. The lowest BCUT2D eigenvalue weighted by molar-refractivity contribution is -0.138. The van der Waals surface area contributed by atoms with Gasteiger partial charge in [-0.1, -0.05) is 12.1 Å². The highest BCUT2D eigenvalue weighted by molar-refractivity contribution is 5.69. The zero-order valence-electron chi connectivity index (χ0n) is 13.9. The molecule has 0 radical (unpaired) electrons. The van der Waals surface area contributed by atoms with Crippen LogP contribution in [0.25, 0.3) is 0 Å². The molecular weight excluding hydrogens is 282 g/mol. The summed E-state index contributed by atoms with van der Waals surface area (Å²) in [4.78, 5) is 14.6. The quantitative estimate of drug-likeness (QED) is 0.625.